The van der Waals surface area contributed by atoms with E-state index in [-0.39, 0.29) is 11.7 Å². The van der Waals surface area contributed by atoms with Crippen molar-refractivity contribution in [3.63, 3.8) is 0 Å². The van der Waals surface area contributed by atoms with Crippen molar-refractivity contribution in [2.45, 2.75) is 45.6 Å². The van der Waals surface area contributed by atoms with Crippen LogP contribution in [0.15, 0.2) is 24.4 Å². The van der Waals surface area contributed by atoms with Gasteiger partial charge in [0, 0.05) is 17.7 Å². The predicted molar refractivity (Wildman–Crippen MR) is 117 cm³/mol. The number of hydrogen-bond acceptors (Lipinski definition) is 7. The molecule has 1 aromatic carbocycles. The van der Waals surface area contributed by atoms with Gasteiger partial charge in [-0.2, -0.15) is 10.1 Å². The summed E-state index contributed by atoms with van der Waals surface area (Å²) in [6.45, 7) is 2.88. The monoisotopic (exact) mass is 408 g/mol. The van der Waals surface area contributed by atoms with E-state index in [1.165, 1.54) is 32.1 Å². The molecular weight excluding hydrogens is 380 g/mol. The second-order valence-corrected chi connectivity index (χ2v) is 7.93. The highest BCUT2D eigenvalue weighted by Crippen LogP contribution is 2.28. The Balaban J connectivity index is 1.64. The van der Waals surface area contributed by atoms with Gasteiger partial charge in [0.2, 0.25) is 5.95 Å². The molecule has 0 amide bonds. The van der Waals surface area contributed by atoms with Crippen LogP contribution in [0.4, 0.5) is 11.8 Å². The molecule has 8 nitrogen and oxygen atoms in total. The average molecular weight is 409 g/mol. The fourth-order valence-corrected chi connectivity index (χ4v) is 4.15. The predicted octanol–water partition coefficient (Wildman–Crippen LogP) is 3.66. The SMILES string of the molecule is COc1cc(C(C)=O)ccc1Cn1ncc2nc(N)nc(NCC3CCCCC3)c21. The first-order valence-electron chi connectivity index (χ1n) is 10.5. The maximum atomic E-state index is 11.7. The first-order valence-corrected chi connectivity index (χ1v) is 10.5. The first-order chi connectivity index (χ1) is 14.5. The number of nitrogens with one attached hydrogen (secondary N) is 1. The van der Waals surface area contributed by atoms with Crippen LogP contribution in [0.2, 0.25) is 0 Å². The van der Waals surface area contributed by atoms with E-state index in [2.05, 4.69) is 20.4 Å². The van der Waals surface area contributed by atoms with Gasteiger partial charge in [0.05, 0.1) is 19.9 Å². The van der Waals surface area contributed by atoms with Crippen molar-refractivity contribution in [3.05, 3.63) is 35.5 Å². The summed E-state index contributed by atoms with van der Waals surface area (Å²) in [5, 5.41) is 8.01. The number of hydrogen-bond donors (Lipinski definition) is 2. The van der Waals surface area contributed by atoms with Crippen molar-refractivity contribution in [1.29, 1.82) is 0 Å². The molecule has 3 aromatic rings. The number of nitrogens with zero attached hydrogens (tertiary/aromatic N) is 4. The van der Waals surface area contributed by atoms with E-state index in [1.54, 1.807) is 26.3 Å². The lowest BCUT2D eigenvalue weighted by Gasteiger charge is -2.22. The van der Waals surface area contributed by atoms with Gasteiger partial charge in [0.25, 0.3) is 0 Å². The van der Waals surface area contributed by atoms with Gasteiger partial charge in [-0.3, -0.25) is 9.48 Å². The Morgan fingerprint density at radius 1 is 1.27 bits per heavy atom. The molecule has 3 N–H and O–H groups in total. The Labute approximate surface area is 175 Å². The molecule has 1 fully saturated rings. The van der Waals surface area contributed by atoms with E-state index < -0.39 is 0 Å². The minimum absolute atomic E-state index is 0.00228. The number of ether oxygens (including phenoxy) is 1. The van der Waals surface area contributed by atoms with Gasteiger partial charge in [0.15, 0.2) is 11.6 Å². The molecule has 0 atom stereocenters. The van der Waals surface area contributed by atoms with E-state index in [0.717, 1.165) is 17.6 Å². The highest BCUT2D eigenvalue weighted by atomic mass is 16.5. The van der Waals surface area contributed by atoms with E-state index in [9.17, 15) is 4.79 Å². The van der Waals surface area contributed by atoms with Crippen LogP contribution in [-0.4, -0.2) is 39.2 Å². The fraction of sp³-hybridized carbons (Fsp3) is 0.455. The molecule has 1 aliphatic carbocycles. The van der Waals surface area contributed by atoms with Gasteiger partial charge < -0.3 is 15.8 Å². The Morgan fingerprint density at radius 3 is 2.80 bits per heavy atom. The first kappa shape index (κ1) is 20.1. The van der Waals surface area contributed by atoms with E-state index >= 15 is 0 Å². The zero-order chi connectivity index (χ0) is 21.1. The molecule has 0 saturated heterocycles. The zero-order valence-corrected chi connectivity index (χ0v) is 17.5. The molecule has 2 aromatic heterocycles. The van der Waals surface area contributed by atoms with Crippen molar-refractivity contribution in [1.82, 2.24) is 19.7 Å². The minimum atomic E-state index is 0.00228. The number of carbonyl (C=O) groups is 1. The number of rotatable bonds is 7. The third kappa shape index (κ3) is 4.22. The number of anilines is 2. The maximum Gasteiger partial charge on any atom is 0.222 e. The number of aromatic nitrogens is 4. The second kappa shape index (κ2) is 8.69. The van der Waals surface area contributed by atoms with Gasteiger partial charge in [-0.25, -0.2) is 4.98 Å². The lowest BCUT2D eigenvalue weighted by molar-refractivity contribution is 0.101. The molecule has 0 unspecified atom stereocenters. The Bertz CT molecular complexity index is 1060. The number of Topliss-reactive ketones (excluding diaryl/α,β-unsaturated/α-hetero) is 1. The maximum absolute atomic E-state index is 11.7. The van der Waals surface area contributed by atoms with Crippen LogP contribution < -0.4 is 15.8 Å². The smallest absolute Gasteiger partial charge is 0.222 e. The molecule has 2 heterocycles. The van der Waals surface area contributed by atoms with Crippen molar-refractivity contribution >= 4 is 28.6 Å². The van der Waals surface area contributed by atoms with Crippen LogP contribution >= 0.6 is 0 Å². The molecule has 30 heavy (non-hydrogen) atoms. The topological polar surface area (TPSA) is 108 Å². The van der Waals surface area contributed by atoms with Gasteiger partial charge in [0.1, 0.15) is 16.8 Å². The van der Waals surface area contributed by atoms with Gasteiger partial charge >= 0.3 is 0 Å². The Hall–Kier alpha value is -3.16. The number of nitrogens with two attached hydrogens (primary N) is 1. The van der Waals surface area contributed by atoms with E-state index in [1.807, 2.05) is 16.8 Å². The molecular formula is C22H28N6O2. The third-order valence-corrected chi connectivity index (χ3v) is 5.80. The number of carbonyl (C=O) groups excluding carboxylic acids is 1. The fourth-order valence-electron chi connectivity index (χ4n) is 4.15. The molecule has 0 bridgehead atoms. The summed E-state index contributed by atoms with van der Waals surface area (Å²) in [4.78, 5) is 20.5. The lowest BCUT2D eigenvalue weighted by Crippen LogP contribution is -2.19. The van der Waals surface area contributed by atoms with Crippen LogP contribution in [0.3, 0.4) is 0 Å². The van der Waals surface area contributed by atoms with Crippen LogP contribution in [0, 0.1) is 5.92 Å². The second-order valence-electron chi connectivity index (χ2n) is 7.93. The molecule has 1 saturated carbocycles. The highest BCUT2D eigenvalue weighted by molar-refractivity contribution is 5.94. The van der Waals surface area contributed by atoms with Crippen LogP contribution in [0.25, 0.3) is 11.0 Å². The summed E-state index contributed by atoms with van der Waals surface area (Å²) < 4.78 is 7.36. The highest BCUT2D eigenvalue weighted by Gasteiger charge is 2.18. The summed E-state index contributed by atoms with van der Waals surface area (Å²) in [5.41, 5.74) is 8.99. The number of benzene rings is 1. The molecule has 1 aliphatic rings. The van der Waals surface area contributed by atoms with Crippen molar-refractivity contribution < 1.29 is 9.53 Å². The number of nitrogen functional groups attached to an aromatic ring is 1. The molecule has 0 radical (unpaired) electrons. The number of methoxy groups -OCH3 is 1. The minimum Gasteiger partial charge on any atom is -0.496 e. The standard InChI is InChI=1S/C22H28N6O2/c1-14(29)16-8-9-17(19(10-16)30-2)13-28-20-18(12-25-28)26-22(23)27-21(20)24-11-15-6-4-3-5-7-15/h8-10,12,15H,3-7,11,13H2,1-2H3,(H3,23,24,26,27). The van der Waals surface area contributed by atoms with Crippen LogP contribution in [-0.2, 0) is 6.54 Å². The quantitative estimate of drug-likeness (QED) is 0.574. The summed E-state index contributed by atoms with van der Waals surface area (Å²) in [6, 6.07) is 5.47. The van der Waals surface area contributed by atoms with Crippen molar-refractivity contribution in [3.8, 4) is 5.75 Å². The summed E-state index contributed by atoms with van der Waals surface area (Å²) in [5.74, 6) is 2.25. The summed E-state index contributed by atoms with van der Waals surface area (Å²) in [6.07, 6.45) is 8.11. The number of fused-ring (bicyclic) bond motifs is 1. The average Bonchev–Trinajstić information content (AvgIpc) is 3.15. The van der Waals surface area contributed by atoms with Crippen LogP contribution in [0.5, 0.6) is 5.75 Å². The zero-order valence-electron chi connectivity index (χ0n) is 17.5. The third-order valence-electron chi connectivity index (χ3n) is 5.80. The molecule has 0 spiro atoms. The summed E-state index contributed by atoms with van der Waals surface area (Å²) >= 11 is 0. The molecule has 0 aliphatic heterocycles. The van der Waals surface area contributed by atoms with Gasteiger partial charge in [-0.1, -0.05) is 31.4 Å². The van der Waals surface area contributed by atoms with Crippen molar-refractivity contribution in [2.24, 2.45) is 5.92 Å². The lowest BCUT2D eigenvalue weighted by atomic mass is 9.89. The van der Waals surface area contributed by atoms with Gasteiger partial charge in [-0.05, 0) is 31.7 Å². The van der Waals surface area contributed by atoms with Crippen LogP contribution in [0.1, 0.15) is 54.9 Å². The molecule has 8 heteroatoms. The largest absolute Gasteiger partial charge is 0.496 e. The normalized spacial score (nSPS) is 14.7. The molecule has 158 valence electrons. The van der Waals surface area contributed by atoms with E-state index in [0.29, 0.717) is 35.1 Å². The van der Waals surface area contributed by atoms with Gasteiger partial charge in [-0.15, -0.1) is 0 Å². The molecule has 4 rings (SSSR count). The Kier molecular flexibility index (Phi) is 5.83. The van der Waals surface area contributed by atoms with E-state index in [4.69, 9.17) is 10.5 Å². The van der Waals surface area contributed by atoms with Crippen molar-refractivity contribution in [2.75, 3.05) is 24.7 Å². The Morgan fingerprint density at radius 2 is 2.07 bits per heavy atom. The number of ketones is 1. The summed E-state index contributed by atoms with van der Waals surface area (Å²) in [7, 11) is 1.60.